The quantitative estimate of drug-likeness (QED) is 0.746. The number of aromatic nitrogens is 2. The van der Waals surface area contributed by atoms with Gasteiger partial charge in [-0.05, 0) is 43.8 Å². The number of likely N-dealkylation sites (tertiary alicyclic amines) is 1. The maximum atomic E-state index is 13.9. The summed E-state index contributed by atoms with van der Waals surface area (Å²) in [4.78, 5) is 22.0. The summed E-state index contributed by atoms with van der Waals surface area (Å²) in [6.07, 6.45) is 2.32. The summed E-state index contributed by atoms with van der Waals surface area (Å²) in [5.41, 5.74) is 1.19. The Morgan fingerprint density at radius 1 is 1.28 bits per heavy atom. The fraction of sp³-hybridized carbons (Fsp3) is 0.450. The lowest BCUT2D eigenvalue weighted by molar-refractivity contribution is 0.0507. The maximum Gasteiger partial charge on any atom is 0.410 e. The monoisotopic (exact) mass is 420 g/mol. The van der Waals surface area contributed by atoms with E-state index in [9.17, 15) is 9.18 Å². The van der Waals surface area contributed by atoms with Crippen LogP contribution in [0.3, 0.4) is 0 Å². The van der Waals surface area contributed by atoms with Gasteiger partial charge in [0.15, 0.2) is 0 Å². The van der Waals surface area contributed by atoms with Gasteiger partial charge in [-0.2, -0.15) is 0 Å². The Hall–Kier alpha value is -2.47. The van der Waals surface area contributed by atoms with E-state index >= 15 is 0 Å². The van der Waals surface area contributed by atoms with Gasteiger partial charge in [0, 0.05) is 37.7 Å². The number of nitrogens with one attached hydrogen (secondary N) is 1. The number of anilines is 2. The van der Waals surface area contributed by atoms with Gasteiger partial charge in [0.25, 0.3) is 0 Å². The summed E-state index contributed by atoms with van der Waals surface area (Å²) >= 11 is 0. The number of rotatable bonds is 5. The minimum Gasteiger partial charge on any atom is -0.474 e. The van der Waals surface area contributed by atoms with Gasteiger partial charge < -0.3 is 19.7 Å². The molecule has 1 amide bonds. The number of carbonyl (C=O) groups is 1. The normalized spacial score (nSPS) is 14.8. The first-order valence-corrected chi connectivity index (χ1v) is 10.2. The maximum absolute atomic E-state index is 13.9. The Bertz CT molecular complexity index is 873. The Morgan fingerprint density at radius 3 is 2.69 bits per heavy atom. The minimum absolute atomic E-state index is 0.0463. The van der Waals surface area contributed by atoms with Gasteiger partial charge in [-0.25, -0.2) is 19.2 Å². The number of nitrogens with zero attached hydrogens (tertiary/aromatic N) is 3. The van der Waals surface area contributed by atoms with Crippen LogP contribution in [-0.4, -0.2) is 46.3 Å². The molecule has 1 aliphatic rings. The Balaban J connectivity index is 1.58. The first kappa shape index (κ1) is 21.2. The van der Waals surface area contributed by atoms with Crippen LogP contribution in [0.1, 0.15) is 32.3 Å². The van der Waals surface area contributed by atoms with E-state index in [-0.39, 0.29) is 24.1 Å². The Kier molecular flexibility index (Phi) is 6.85. The number of hydrogen-bond acceptors (Lipinski definition) is 6. The predicted molar refractivity (Wildman–Crippen MR) is 113 cm³/mol. The average Bonchev–Trinajstić information content (AvgIpc) is 2.66. The van der Waals surface area contributed by atoms with E-state index in [1.54, 1.807) is 24.0 Å². The molecule has 29 heavy (non-hydrogen) atoms. The van der Waals surface area contributed by atoms with Crippen LogP contribution in [0, 0.1) is 12.7 Å². The van der Waals surface area contributed by atoms with Gasteiger partial charge in [-0.1, -0.05) is 0 Å². The molecular formula is C20H26FN4O3P. The average molecular weight is 420 g/mol. The highest BCUT2D eigenvalue weighted by Crippen LogP contribution is 2.22. The molecule has 1 aliphatic heterocycles. The van der Waals surface area contributed by atoms with Crippen molar-refractivity contribution in [2.75, 3.05) is 18.4 Å². The number of amides is 1. The minimum atomic E-state index is -0.287. The Labute approximate surface area is 172 Å². The van der Waals surface area contributed by atoms with E-state index in [0.717, 1.165) is 5.30 Å². The topological polar surface area (TPSA) is 76.6 Å². The highest BCUT2D eigenvalue weighted by molar-refractivity contribution is 7.28. The predicted octanol–water partition coefficient (Wildman–Crippen LogP) is 3.56. The SMILES string of the molecule is Cc1cc(P)c(Nc2cc(OC3CCN(C(=O)OC(C)C)CC3)ncn2)cc1F. The van der Waals surface area contributed by atoms with Crippen LogP contribution in [0.4, 0.5) is 20.7 Å². The lowest BCUT2D eigenvalue weighted by atomic mass is 10.1. The summed E-state index contributed by atoms with van der Waals surface area (Å²) in [6, 6.07) is 4.87. The van der Waals surface area contributed by atoms with Crippen LogP contribution in [0.2, 0.25) is 0 Å². The second-order valence-electron chi connectivity index (χ2n) is 7.29. The molecule has 1 atom stereocenters. The van der Waals surface area contributed by atoms with E-state index in [0.29, 0.717) is 48.9 Å². The van der Waals surface area contributed by atoms with Crippen molar-refractivity contribution in [3.63, 3.8) is 0 Å². The third-order valence-corrected chi connectivity index (χ3v) is 5.04. The molecule has 0 radical (unpaired) electrons. The van der Waals surface area contributed by atoms with Crippen LogP contribution in [-0.2, 0) is 4.74 Å². The molecule has 0 bridgehead atoms. The largest absolute Gasteiger partial charge is 0.474 e. The van der Waals surface area contributed by atoms with Gasteiger partial charge in [0.05, 0.1) is 6.10 Å². The summed E-state index contributed by atoms with van der Waals surface area (Å²) in [5, 5.41) is 3.94. The van der Waals surface area contributed by atoms with Crippen molar-refractivity contribution >= 4 is 32.1 Å². The third-order valence-electron chi connectivity index (χ3n) is 4.56. The zero-order chi connectivity index (χ0) is 21.0. The standard InChI is InChI=1S/C20H26FN4O3P/c1-12(2)27-20(26)25-6-4-14(5-7-25)28-19-10-18(22-11-23-19)24-16-9-15(21)13(3)8-17(16)29/h8-12,14H,4-7,29H2,1-3H3,(H,22,23,24). The molecule has 1 aromatic carbocycles. The van der Waals surface area contributed by atoms with Crippen molar-refractivity contribution in [3.8, 4) is 5.88 Å². The van der Waals surface area contributed by atoms with Crippen molar-refractivity contribution in [3.05, 3.63) is 35.9 Å². The van der Waals surface area contributed by atoms with Gasteiger partial charge in [-0.15, -0.1) is 9.24 Å². The number of benzene rings is 1. The van der Waals surface area contributed by atoms with E-state index < -0.39 is 0 Å². The first-order chi connectivity index (χ1) is 13.8. The van der Waals surface area contributed by atoms with E-state index in [2.05, 4.69) is 24.5 Å². The molecule has 1 fully saturated rings. The molecule has 0 saturated carbocycles. The smallest absolute Gasteiger partial charge is 0.410 e. The van der Waals surface area contributed by atoms with Gasteiger partial charge >= 0.3 is 6.09 Å². The molecule has 1 N–H and O–H groups in total. The molecule has 2 heterocycles. The highest BCUT2D eigenvalue weighted by Gasteiger charge is 2.25. The van der Waals surface area contributed by atoms with Crippen LogP contribution in [0.25, 0.3) is 0 Å². The molecular weight excluding hydrogens is 394 g/mol. The van der Waals surface area contributed by atoms with Gasteiger partial charge in [-0.3, -0.25) is 0 Å². The fourth-order valence-electron chi connectivity index (χ4n) is 3.03. The first-order valence-electron chi connectivity index (χ1n) is 9.58. The van der Waals surface area contributed by atoms with Gasteiger partial charge in [0.1, 0.15) is 24.1 Å². The molecule has 156 valence electrons. The molecule has 1 saturated heterocycles. The number of halogens is 1. The number of ether oxygens (including phenoxy) is 2. The molecule has 2 aromatic rings. The van der Waals surface area contributed by atoms with Gasteiger partial charge in [0.2, 0.25) is 5.88 Å². The van der Waals surface area contributed by atoms with E-state index in [1.165, 1.54) is 12.4 Å². The van der Waals surface area contributed by atoms with Crippen LogP contribution in [0.15, 0.2) is 24.5 Å². The van der Waals surface area contributed by atoms with Crippen LogP contribution >= 0.6 is 9.24 Å². The molecule has 1 unspecified atom stereocenters. The summed E-state index contributed by atoms with van der Waals surface area (Å²) in [6.45, 7) is 6.54. The van der Waals surface area contributed by atoms with E-state index in [4.69, 9.17) is 9.47 Å². The number of aryl methyl sites for hydroxylation is 1. The van der Waals surface area contributed by atoms with Crippen molar-refractivity contribution in [1.29, 1.82) is 0 Å². The van der Waals surface area contributed by atoms with Crippen molar-refractivity contribution in [2.24, 2.45) is 0 Å². The highest BCUT2D eigenvalue weighted by atomic mass is 31.0. The number of piperidine rings is 1. The summed E-state index contributed by atoms with van der Waals surface area (Å²) < 4.78 is 25.1. The van der Waals surface area contributed by atoms with Crippen molar-refractivity contribution in [1.82, 2.24) is 14.9 Å². The second kappa shape index (κ2) is 9.35. The Morgan fingerprint density at radius 2 is 2.00 bits per heavy atom. The van der Waals surface area contributed by atoms with Crippen molar-refractivity contribution in [2.45, 2.75) is 45.8 Å². The van der Waals surface area contributed by atoms with Crippen molar-refractivity contribution < 1.29 is 18.7 Å². The molecule has 7 nitrogen and oxygen atoms in total. The lowest BCUT2D eigenvalue weighted by Crippen LogP contribution is -2.42. The van der Waals surface area contributed by atoms with Crippen LogP contribution in [0.5, 0.6) is 5.88 Å². The second-order valence-corrected chi connectivity index (χ2v) is 7.91. The number of hydrogen-bond donors (Lipinski definition) is 1. The summed E-state index contributed by atoms with van der Waals surface area (Å²) in [5.74, 6) is 0.662. The van der Waals surface area contributed by atoms with E-state index in [1.807, 2.05) is 13.8 Å². The summed E-state index contributed by atoms with van der Waals surface area (Å²) in [7, 11) is 2.58. The lowest BCUT2D eigenvalue weighted by Gasteiger charge is -2.31. The fourth-order valence-corrected chi connectivity index (χ4v) is 3.43. The molecule has 0 spiro atoms. The number of carbonyl (C=O) groups excluding carboxylic acids is 1. The zero-order valence-electron chi connectivity index (χ0n) is 16.8. The third kappa shape index (κ3) is 5.76. The van der Waals surface area contributed by atoms with Crippen LogP contribution < -0.4 is 15.4 Å². The zero-order valence-corrected chi connectivity index (χ0v) is 18.0. The molecule has 9 heteroatoms. The molecule has 0 aliphatic carbocycles. The molecule has 3 rings (SSSR count). The molecule has 1 aromatic heterocycles.